The van der Waals surface area contributed by atoms with Crippen molar-refractivity contribution in [2.24, 2.45) is 0 Å². The number of carbonyl (C=O) groups excluding carboxylic acids is 1. The Bertz CT molecular complexity index is 943. The maximum absolute atomic E-state index is 13.2. The van der Waals surface area contributed by atoms with Gasteiger partial charge < -0.3 is 9.64 Å². The highest BCUT2D eigenvalue weighted by molar-refractivity contribution is 6.06. The molecule has 27 heavy (non-hydrogen) atoms. The number of benzene rings is 3. The zero-order valence-corrected chi connectivity index (χ0v) is 14.7. The number of carbonyl (C=O) groups is 1. The molecule has 6 heteroatoms. The zero-order chi connectivity index (χ0) is 19.2. The van der Waals surface area contributed by atoms with E-state index in [1.54, 1.807) is 4.90 Å². The molecule has 3 aromatic carbocycles. The van der Waals surface area contributed by atoms with Crippen LogP contribution in [0.1, 0.15) is 15.9 Å². The largest absolute Gasteiger partial charge is 0.490 e. The van der Waals surface area contributed by atoms with Gasteiger partial charge in [0.25, 0.3) is 5.91 Å². The lowest BCUT2D eigenvalue weighted by Crippen LogP contribution is -2.30. The fourth-order valence-electron chi connectivity index (χ4n) is 2.78. The fourth-order valence-corrected chi connectivity index (χ4v) is 2.78. The normalized spacial score (nSPS) is 10.3. The Balaban J connectivity index is 2.00. The van der Waals surface area contributed by atoms with Crippen LogP contribution in [-0.2, 0) is 6.54 Å². The third-order valence-corrected chi connectivity index (χ3v) is 4.12. The maximum Gasteiger partial charge on any atom is 0.311 e. The van der Waals surface area contributed by atoms with Crippen molar-refractivity contribution in [3.63, 3.8) is 0 Å². The first-order valence-corrected chi connectivity index (χ1v) is 8.33. The number of hydrogen-bond donors (Lipinski definition) is 0. The summed E-state index contributed by atoms with van der Waals surface area (Å²) in [6.07, 6.45) is 0. The molecule has 0 saturated heterocycles. The summed E-state index contributed by atoms with van der Waals surface area (Å²) in [5, 5.41) is 11.3. The number of nitro benzene ring substituents is 1. The third-order valence-electron chi connectivity index (χ3n) is 4.12. The lowest BCUT2D eigenvalue weighted by molar-refractivity contribution is -0.385. The van der Waals surface area contributed by atoms with Crippen LogP contribution in [-0.4, -0.2) is 17.9 Å². The average Bonchev–Trinajstić information content (AvgIpc) is 2.72. The predicted molar refractivity (Wildman–Crippen MR) is 103 cm³/mol. The quantitative estimate of drug-likeness (QED) is 0.480. The second kappa shape index (κ2) is 8.14. The minimum atomic E-state index is -0.556. The van der Waals surface area contributed by atoms with Crippen molar-refractivity contribution in [2.45, 2.75) is 6.54 Å². The monoisotopic (exact) mass is 362 g/mol. The van der Waals surface area contributed by atoms with Gasteiger partial charge in [0, 0.05) is 17.3 Å². The lowest BCUT2D eigenvalue weighted by atomic mass is 10.1. The highest BCUT2D eigenvalue weighted by atomic mass is 16.6. The maximum atomic E-state index is 13.2. The molecule has 1 amide bonds. The van der Waals surface area contributed by atoms with Gasteiger partial charge in [-0.25, -0.2) is 0 Å². The summed E-state index contributed by atoms with van der Waals surface area (Å²) in [6.45, 7) is 0.351. The van der Waals surface area contributed by atoms with E-state index < -0.39 is 4.92 Å². The van der Waals surface area contributed by atoms with Gasteiger partial charge in [0.05, 0.1) is 18.6 Å². The number of anilines is 1. The summed E-state index contributed by atoms with van der Waals surface area (Å²) in [5.41, 5.74) is 1.65. The van der Waals surface area contributed by atoms with Crippen LogP contribution in [0.5, 0.6) is 5.75 Å². The lowest BCUT2D eigenvalue weighted by Gasteiger charge is -2.23. The van der Waals surface area contributed by atoms with Gasteiger partial charge in [0.1, 0.15) is 0 Å². The Kier molecular flexibility index (Phi) is 5.47. The molecule has 3 aromatic rings. The van der Waals surface area contributed by atoms with Gasteiger partial charge in [0.15, 0.2) is 5.75 Å². The first kappa shape index (κ1) is 18.1. The molecule has 0 aliphatic carbocycles. The van der Waals surface area contributed by atoms with Crippen LogP contribution in [0.2, 0.25) is 0 Å². The molecular formula is C21H18N2O4. The Hall–Kier alpha value is -3.67. The van der Waals surface area contributed by atoms with E-state index in [0.717, 1.165) is 5.56 Å². The van der Waals surface area contributed by atoms with Crippen LogP contribution < -0.4 is 9.64 Å². The molecule has 0 bridgehead atoms. The van der Waals surface area contributed by atoms with E-state index in [-0.39, 0.29) is 22.9 Å². The molecule has 0 unspecified atom stereocenters. The minimum Gasteiger partial charge on any atom is -0.490 e. The molecule has 0 fully saturated rings. The summed E-state index contributed by atoms with van der Waals surface area (Å²) in [6, 6.07) is 23.0. The summed E-state index contributed by atoms with van der Waals surface area (Å²) < 4.78 is 5.02. The predicted octanol–water partition coefficient (Wildman–Crippen LogP) is 4.45. The van der Waals surface area contributed by atoms with E-state index in [2.05, 4.69) is 0 Å². The van der Waals surface area contributed by atoms with Gasteiger partial charge in [-0.2, -0.15) is 0 Å². The van der Waals surface area contributed by atoms with Crippen molar-refractivity contribution >= 4 is 17.3 Å². The number of nitrogens with zero attached hydrogens (tertiary/aromatic N) is 2. The van der Waals surface area contributed by atoms with Crippen LogP contribution in [0.15, 0.2) is 78.9 Å². The number of rotatable bonds is 6. The van der Waals surface area contributed by atoms with E-state index in [1.165, 1.54) is 25.3 Å². The Morgan fingerprint density at radius 2 is 1.63 bits per heavy atom. The Labute approximate surface area is 156 Å². The van der Waals surface area contributed by atoms with Gasteiger partial charge in [-0.1, -0.05) is 48.5 Å². The topological polar surface area (TPSA) is 72.7 Å². The van der Waals surface area contributed by atoms with Gasteiger partial charge in [-0.05, 0) is 29.8 Å². The van der Waals surface area contributed by atoms with Gasteiger partial charge in [0.2, 0.25) is 0 Å². The summed E-state index contributed by atoms with van der Waals surface area (Å²) in [4.78, 5) is 25.5. The SMILES string of the molecule is COc1ccc(C(=O)N(Cc2ccccc2)c2ccccc2)cc1[N+](=O)[O-]. The molecule has 0 atom stereocenters. The van der Waals surface area contributed by atoms with Crippen LogP contribution in [0, 0.1) is 10.1 Å². The molecule has 0 aliphatic rings. The number of ether oxygens (including phenoxy) is 1. The summed E-state index contributed by atoms with van der Waals surface area (Å²) in [5.74, 6) is -0.207. The number of nitro groups is 1. The molecule has 0 radical (unpaired) electrons. The van der Waals surface area contributed by atoms with Crippen LogP contribution in [0.4, 0.5) is 11.4 Å². The molecule has 0 N–H and O–H groups in total. The molecule has 136 valence electrons. The van der Waals surface area contributed by atoms with Crippen molar-refractivity contribution in [3.05, 3.63) is 100 Å². The minimum absolute atomic E-state index is 0.117. The number of amides is 1. The van der Waals surface area contributed by atoms with E-state index in [1.807, 2.05) is 60.7 Å². The van der Waals surface area contributed by atoms with Gasteiger partial charge in [-0.3, -0.25) is 14.9 Å². The van der Waals surface area contributed by atoms with Crippen molar-refractivity contribution in [1.29, 1.82) is 0 Å². The first-order valence-electron chi connectivity index (χ1n) is 8.33. The molecule has 0 spiro atoms. The van der Waals surface area contributed by atoms with E-state index in [9.17, 15) is 14.9 Å². The Morgan fingerprint density at radius 1 is 1.00 bits per heavy atom. The van der Waals surface area contributed by atoms with Crippen LogP contribution in [0.3, 0.4) is 0 Å². The number of methoxy groups -OCH3 is 1. The van der Waals surface area contributed by atoms with Crippen LogP contribution in [0.25, 0.3) is 0 Å². The number of para-hydroxylation sites is 1. The second-order valence-electron chi connectivity index (χ2n) is 5.86. The molecule has 0 heterocycles. The molecular weight excluding hydrogens is 344 g/mol. The van der Waals surface area contributed by atoms with Crippen molar-refractivity contribution < 1.29 is 14.5 Å². The second-order valence-corrected chi connectivity index (χ2v) is 5.86. The third kappa shape index (κ3) is 4.12. The fraction of sp³-hybridized carbons (Fsp3) is 0.0952. The summed E-state index contributed by atoms with van der Waals surface area (Å²) >= 11 is 0. The summed E-state index contributed by atoms with van der Waals surface area (Å²) in [7, 11) is 1.36. The molecule has 0 aliphatic heterocycles. The molecule has 0 saturated carbocycles. The van der Waals surface area contributed by atoms with Crippen molar-refractivity contribution in [2.75, 3.05) is 12.0 Å². The zero-order valence-electron chi connectivity index (χ0n) is 14.7. The van der Waals surface area contributed by atoms with Crippen molar-refractivity contribution in [1.82, 2.24) is 0 Å². The highest BCUT2D eigenvalue weighted by Crippen LogP contribution is 2.29. The van der Waals surface area contributed by atoms with E-state index >= 15 is 0 Å². The van der Waals surface area contributed by atoms with E-state index in [4.69, 9.17) is 4.74 Å². The molecule has 6 nitrogen and oxygen atoms in total. The van der Waals surface area contributed by atoms with Crippen LogP contribution >= 0.6 is 0 Å². The van der Waals surface area contributed by atoms with Gasteiger partial charge in [-0.15, -0.1) is 0 Å². The van der Waals surface area contributed by atoms with E-state index in [0.29, 0.717) is 12.2 Å². The highest BCUT2D eigenvalue weighted by Gasteiger charge is 2.23. The number of hydrogen-bond acceptors (Lipinski definition) is 4. The standard InChI is InChI=1S/C21H18N2O4/c1-27-20-13-12-17(14-19(20)23(25)26)21(24)22(18-10-6-3-7-11-18)15-16-8-4-2-5-9-16/h2-14H,15H2,1H3. The first-order chi connectivity index (χ1) is 13.1. The van der Waals surface area contributed by atoms with Gasteiger partial charge >= 0.3 is 5.69 Å². The molecule has 0 aromatic heterocycles. The van der Waals surface area contributed by atoms with Crippen molar-refractivity contribution in [3.8, 4) is 5.75 Å². The average molecular weight is 362 g/mol. The molecule has 3 rings (SSSR count). The Morgan fingerprint density at radius 3 is 2.22 bits per heavy atom. The smallest absolute Gasteiger partial charge is 0.311 e.